The minimum Gasteiger partial charge on any atom is -0.497 e. The van der Waals surface area contributed by atoms with E-state index >= 15 is 0 Å². The Morgan fingerprint density at radius 2 is 1.66 bits per heavy atom. The lowest BCUT2D eigenvalue weighted by molar-refractivity contribution is -0.117. The van der Waals surface area contributed by atoms with Crippen LogP contribution in [0.25, 0.3) is 0 Å². The fourth-order valence-corrected chi connectivity index (χ4v) is 4.53. The van der Waals surface area contributed by atoms with Gasteiger partial charge in [-0.25, -0.2) is 13.1 Å². The highest BCUT2D eigenvalue weighted by Gasteiger charge is 2.32. The number of nitrogens with one attached hydrogen (secondary N) is 1. The number of hydrogen-bond donors (Lipinski definition) is 1. The summed E-state index contributed by atoms with van der Waals surface area (Å²) < 4.78 is 43.6. The molecule has 8 nitrogen and oxygen atoms in total. The maximum atomic E-state index is 12.8. The average molecular weight is 420 g/mol. The normalized spacial score (nSPS) is 16.7. The van der Waals surface area contributed by atoms with Gasteiger partial charge in [0.05, 0.1) is 21.3 Å². The van der Waals surface area contributed by atoms with E-state index in [4.69, 9.17) is 14.2 Å². The van der Waals surface area contributed by atoms with Crippen molar-refractivity contribution in [2.75, 3.05) is 39.3 Å². The Morgan fingerprint density at radius 3 is 2.28 bits per heavy atom. The van der Waals surface area contributed by atoms with Gasteiger partial charge < -0.3 is 19.1 Å². The molecule has 0 radical (unpaired) electrons. The average Bonchev–Trinajstić information content (AvgIpc) is 3.12. The Morgan fingerprint density at radius 1 is 1.00 bits per heavy atom. The van der Waals surface area contributed by atoms with Gasteiger partial charge in [-0.1, -0.05) is 0 Å². The first-order valence-electron chi connectivity index (χ1n) is 9.04. The number of hydrogen-bond acceptors (Lipinski definition) is 6. The smallest absolute Gasteiger partial charge is 0.244 e. The Kier molecular flexibility index (Phi) is 6.29. The molecule has 1 amide bonds. The number of sulfonamides is 1. The van der Waals surface area contributed by atoms with Crippen molar-refractivity contribution >= 4 is 21.6 Å². The molecule has 0 unspecified atom stereocenters. The summed E-state index contributed by atoms with van der Waals surface area (Å²) in [6.07, 6.45) is 0.268. The number of methoxy groups -OCH3 is 3. The highest BCUT2D eigenvalue weighted by Crippen LogP contribution is 2.29. The third kappa shape index (κ3) is 4.63. The third-order valence-corrected chi connectivity index (χ3v) is 6.26. The zero-order valence-corrected chi connectivity index (χ0v) is 17.4. The summed E-state index contributed by atoms with van der Waals surface area (Å²) >= 11 is 0. The van der Waals surface area contributed by atoms with E-state index in [2.05, 4.69) is 4.72 Å². The van der Waals surface area contributed by atoms with Crippen LogP contribution in [0.15, 0.2) is 47.4 Å². The zero-order chi connectivity index (χ0) is 21.0. The molecule has 1 atom stereocenters. The van der Waals surface area contributed by atoms with Crippen LogP contribution < -0.4 is 23.8 Å². The summed E-state index contributed by atoms with van der Waals surface area (Å²) in [6, 6.07) is 11.8. The van der Waals surface area contributed by atoms with Crippen LogP contribution in [0.2, 0.25) is 0 Å². The fourth-order valence-electron chi connectivity index (χ4n) is 3.23. The van der Waals surface area contributed by atoms with Gasteiger partial charge in [0.25, 0.3) is 0 Å². The molecule has 156 valence electrons. The van der Waals surface area contributed by atoms with Crippen LogP contribution in [0, 0.1) is 5.92 Å². The molecule has 0 saturated carbocycles. The fraction of sp³-hybridized carbons (Fsp3) is 0.350. The molecule has 1 saturated heterocycles. The topological polar surface area (TPSA) is 94.2 Å². The van der Waals surface area contributed by atoms with E-state index in [1.807, 2.05) is 12.1 Å². The number of ether oxygens (including phenoxy) is 3. The first-order chi connectivity index (χ1) is 13.9. The van der Waals surface area contributed by atoms with Crippen molar-refractivity contribution in [1.29, 1.82) is 0 Å². The second-order valence-corrected chi connectivity index (χ2v) is 8.38. The molecule has 2 aromatic rings. The second kappa shape index (κ2) is 8.71. The lowest BCUT2D eigenvalue weighted by Gasteiger charge is -2.17. The Balaban J connectivity index is 1.69. The van der Waals surface area contributed by atoms with Crippen molar-refractivity contribution in [1.82, 2.24) is 4.72 Å². The second-order valence-electron chi connectivity index (χ2n) is 6.64. The lowest BCUT2D eigenvalue weighted by atomic mass is 10.1. The largest absolute Gasteiger partial charge is 0.497 e. The first-order valence-corrected chi connectivity index (χ1v) is 10.5. The Bertz CT molecular complexity index is 975. The Labute approximate surface area is 170 Å². The number of amides is 1. The first kappa shape index (κ1) is 20.9. The number of carbonyl (C=O) groups excluding carboxylic acids is 1. The summed E-state index contributed by atoms with van der Waals surface area (Å²) in [5.74, 6) is 1.15. The number of rotatable bonds is 8. The molecule has 1 aliphatic heterocycles. The Hall–Kier alpha value is -2.78. The molecule has 0 bridgehead atoms. The number of nitrogens with zero attached hydrogens (tertiary/aromatic N) is 1. The number of benzene rings is 2. The van der Waals surface area contributed by atoms with Crippen molar-refractivity contribution in [3.05, 3.63) is 42.5 Å². The van der Waals surface area contributed by atoms with Gasteiger partial charge in [-0.05, 0) is 42.3 Å². The van der Waals surface area contributed by atoms with Crippen molar-refractivity contribution in [3.63, 3.8) is 0 Å². The van der Waals surface area contributed by atoms with E-state index in [1.54, 1.807) is 30.2 Å². The highest BCUT2D eigenvalue weighted by molar-refractivity contribution is 7.89. The van der Waals surface area contributed by atoms with Gasteiger partial charge in [0.2, 0.25) is 15.9 Å². The van der Waals surface area contributed by atoms with E-state index in [1.165, 1.54) is 26.4 Å². The molecule has 2 aromatic carbocycles. The van der Waals surface area contributed by atoms with Gasteiger partial charge in [0, 0.05) is 31.3 Å². The van der Waals surface area contributed by atoms with Crippen molar-refractivity contribution in [2.24, 2.45) is 5.92 Å². The van der Waals surface area contributed by atoms with Crippen LogP contribution in [-0.2, 0) is 14.8 Å². The molecule has 0 spiro atoms. The summed E-state index contributed by atoms with van der Waals surface area (Å²) in [5, 5.41) is 0. The van der Waals surface area contributed by atoms with E-state index in [0.29, 0.717) is 18.0 Å². The molecule has 9 heteroatoms. The van der Waals surface area contributed by atoms with E-state index in [-0.39, 0.29) is 35.4 Å². The molecule has 29 heavy (non-hydrogen) atoms. The number of anilines is 1. The van der Waals surface area contributed by atoms with Crippen LogP contribution in [0.3, 0.4) is 0 Å². The molecular weight excluding hydrogens is 396 g/mol. The van der Waals surface area contributed by atoms with Crippen LogP contribution in [0.5, 0.6) is 17.2 Å². The summed E-state index contributed by atoms with van der Waals surface area (Å²) in [4.78, 5) is 14.1. The van der Waals surface area contributed by atoms with Crippen molar-refractivity contribution in [2.45, 2.75) is 11.3 Å². The molecule has 1 fully saturated rings. The molecule has 3 rings (SSSR count). The molecule has 0 aliphatic carbocycles. The number of carbonyl (C=O) groups is 1. The van der Waals surface area contributed by atoms with Gasteiger partial charge in [0.1, 0.15) is 22.1 Å². The van der Waals surface area contributed by atoms with Crippen molar-refractivity contribution in [3.8, 4) is 17.2 Å². The van der Waals surface area contributed by atoms with Crippen LogP contribution in [0.1, 0.15) is 6.42 Å². The minimum atomic E-state index is -3.83. The van der Waals surface area contributed by atoms with Crippen LogP contribution in [-0.4, -0.2) is 48.7 Å². The molecule has 1 N–H and O–H groups in total. The van der Waals surface area contributed by atoms with Gasteiger partial charge in [-0.3, -0.25) is 4.79 Å². The quantitative estimate of drug-likeness (QED) is 0.702. The molecule has 1 heterocycles. The van der Waals surface area contributed by atoms with Gasteiger partial charge in [-0.15, -0.1) is 0 Å². The molecular formula is C20H24N2O6S. The summed E-state index contributed by atoms with van der Waals surface area (Å²) in [7, 11) is 0.614. The summed E-state index contributed by atoms with van der Waals surface area (Å²) in [5.41, 5.74) is 0.760. The SMILES string of the molecule is COc1ccc(N2C[C@@H](CNS(=O)(=O)c3cc(OC)ccc3OC)CC2=O)cc1. The summed E-state index contributed by atoms with van der Waals surface area (Å²) in [6.45, 7) is 0.573. The van der Waals surface area contributed by atoms with E-state index < -0.39 is 10.0 Å². The third-order valence-electron chi connectivity index (χ3n) is 4.81. The van der Waals surface area contributed by atoms with Gasteiger partial charge >= 0.3 is 0 Å². The molecule has 1 aliphatic rings. The molecule has 0 aromatic heterocycles. The van der Waals surface area contributed by atoms with Crippen LogP contribution >= 0.6 is 0 Å². The van der Waals surface area contributed by atoms with Gasteiger partial charge in [-0.2, -0.15) is 0 Å². The predicted octanol–water partition coefficient (Wildman–Crippen LogP) is 2.04. The highest BCUT2D eigenvalue weighted by atomic mass is 32.2. The minimum absolute atomic E-state index is 0.00400. The van der Waals surface area contributed by atoms with E-state index in [9.17, 15) is 13.2 Å². The monoisotopic (exact) mass is 420 g/mol. The maximum absolute atomic E-state index is 12.8. The van der Waals surface area contributed by atoms with Crippen molar-refractivity contribution < 1.29 is 27.4 Å². The van der Waals surface area contributed by atoms with E-state index in [0.717, 1.165) is 5.69 Å². The van der Waals surface area contributed by atoms with Gasteiger partial charge in [0.15, 0.2) is 0 Å². The lowest BCUT2D eigenvalue weighted by Crippen LogP contribution is -2.31. The standard InChI is InChI=1S/C20H24N2O6S/c1-26-16-6-4-15(5-7-16)22-13-14(10-20(22)23)12-21-29(24,25)19-11-17(27-2)8-9-18(19)28-3/h4-9,11,14,21H,10,12-13H2,1-3H3/t14-/m1/s1. The predicted molar refractivity (Wildman–Crippen MR) is 108 cm³/mol. The zero-order valence-electron chi connectivity index (χ0n) is 16.5. The van der Waals surface area contributed by atoms with Crippen LogP contribution in [0.4, 0.5) is 5.69 Å². The maximum Gasteiger partial charge on any atom is 0.244 e.